The monoisotopic (exact) mass is 478 g/mol. The van der Waals surface area contributed by atoms with Crippen LogP contribution in [-0.2, 0) is 11.2 Å². The molecule has 0 bridgehead atoms. The van der Waals surface area contributed by atoms with Gasteiger partial charge < -0.3 is 24.1 Å². The van der Waals surface area contributed by atoms with Crippen molar-refractivity contribution in [3.05, 3.63) is 71.6 Å². The summed E-state index contributed by atoms with van der Waals surface area (Å²) in [5.41, 5.74) is 2.93. The maximum atomic E-state index is 12.6. The van der Waals surface area contributed by atoms with Gasteiger partial charge in [-0.2, -0.15) is 10.1 Å². The number of methoxy groups -OCH3 is 2. The van der Waals surface area contributed by atoms with Gasteiger partial charge in [-0.1, -0.05) is 24.2 Å². The second-order valence-corrected chi connectivity index (χ2v) is 7.74. The molecule has 1 aliphatic rings. The summed E-state index contributed by atoms with van der Waals surface area (Å²) >= 11 is 0. The molecule has 4 rings (SSSR count). The highest BCUT2D eigenvalue weighted by Gasteiger charge is 2.31. The first-order valence-electron chi connectivity index (χ1n) is 11.1. The molecule has 35 heavy (non-hydrogen) atoms. The van der Waals surface area contributed by atoms with Crippen molar-refractivity contribution in [3.63, 3.8) is 0 Å². The van der Waals surface area contributed by atoms with E-state index in [2.05, 4.69) is 15.6 Å². The first-order valence-corrected chi connectivity index (χ1v) is 11.1. The van der Waals surface area contributed by atoms with Crippen LogP contribution in [0.2, 0.25) is 0 Å². The first kappa shape index (κ1) is 23.8. The molecular formula is C25H26N4O6. The van der Waals surface area contributed by atoms with Crippen LogP contribution in [0.15, 0.2) is 64.4 Å². The normalized spacial score (nSPS) is 15.3. The molecule has 2 amide bonds. The molecule has 2 aromatic carbocycles. The second kappa shape index (κ2) is 10.7. The highest BCUT2D eigenvalue weighted by atomic mass is 16.6. The zero-order chi connectivity index (χ0) is 24.8. The molecule has 1 aromatic heterocycles. The lowest BCUT2D eigenvalue weighted by Crippen LogP contribution is -2.42. The Labute approximate surface area is 202 Å². The molecule has 0 radical (unpaired) electrons. The van der Waals surface area contributed by atoms with Crippen LogP contribution in [0.1, 0.15) is 35.0 Å². The van der Waals surface area contributed by atoms with Crippen molar-refractivity contribution in [2.75, 3.05) is 26.1 Å². The number of ether oxygens (including phenoxy) is 3. The molecule has 10 nitrogen and oxygen atoms in total. The summed E-state index contributed by atoms with van der Waals surface area (Å²) in [5.74, 6) is 0.892. The van der Waals surface area contributed by atoms with Gasteiger partial charge in [-0.15, -0.1) is 0 Å². The molecular weight excluding hydrogens is 452 g/mol. The molecule has 0 aliphatic carbocycles. The smallest absolute Gasteiger partial charge is 0.431 e. The predicted molar refractivity (Wildman–Crippen MR) is 128 cm³/mol. The number of cyclic esters (lactones) is 1. The van der Waals surface area contributed by atoms with E-state index in [0.29, 0.717) is 42.3 Å². The van der Waals surface area contributed by atoms with E-state index in [1.807, 2.05) is 37.3 Å². The third-order valence-corrected chi connectivity index (χ3v) is 5.50. The van der Waals surface area contributed by atoms with Crippen molar-refractivity contribution >= 4 is 23.4 Å². The molecule has 0 fully saturated rings. The first-order chi connectivity index (χ1) is 17.0. The van der Waals surface area contributed by atoms with Crippen LogP contribution in [0.4, 0.5) is 10.5 Å². The Bertz CT molecular complexity index is 1220. The molecule has 182 valence electrons. The number of amides is 2. The number of nitrogens with one attached hydrogen (secondary N) is 1. The topological polar surface area (TPSA) is 115 Å². The lowest BCUT2D eigenvalue weighted by molar-refractivity contribution is 0.0741. The molecule has 2 heterocycles. The Kier molecular flexibility index (Phi) is 7.30. The summed E-state index contributed by atoms with van der Waals surface area (Å²) in [6, 6.07) is 14.3. The number of rotatable bonds is 9. The third-order valence-electron chi connectivity index (χ3n) is 5.50. The van der Waals surface area contributed by atoms with Crippen molar-refractivity contribution in [3.8, 4) is 11.5 Å². The lowest BCUT2D eigenvalue weighted by atomic mass is 10.0. The van der Waals surface area contributed by atoms with Crippen LogP contribution < -0.4 is 14.8 Å². The quantitative estimate of drug-likeness (QED) is 0.492. The van der Waals surface area contributed by atoms with Crippen LogP contribution in [0.5, 0.6) is 11.5 Å². The summed E-state index contributed by atoms with van der Waals surface area (Å²) < 4.78 is 21.3. The fourth-order valence-corrected chi connectivity index (χ4v) is 3.70. The van der Waals surface area contributed by atoms with Gasteiger partial charge in [0.2, 0.25) is 5.76 Å². The standard InChI is InChI=1S/C25H26N4O6/c1-4-19-23(17-8-9-20(32-2)22(15-17)33-3)28-29(25(31)34-19)13-11-16-6-5-7-18(14-16)27-24(30)21-10-12-26-35-21/h5-10,12,14-15,19H,4,11,13H2,1-3H3,(H,27,30). The number of benzene rings is 2. The molecule has 0 spiro atoms. The van der Waals surface area contributed by atoms with E-state index in [1.54, 1.807) is 26.4 Å². The van der Waals surface area contributed by atoms with Crippen LogP contribution in [0, 0.1) is 0 Å². The maximum Gasteiger partial charge on any atom is 0.431 e. The Morgan fingerprint density at radius 2 is 1.94 bits per heavy atom. The van der Waals surface area contributed by atoms with Gasteiger partial charge in [-0.05, 0) is 48.7 Å². The minimum absolute atomic E-state index is 0.119. The largest absolute Gasteiger partial charge is 0.493 e. The van der Waals surface area contributed by atoms with Crippen molar-refractivity contribution in [1.82, 2.24) is 10.2 Å². The van der Waals surface area contributed by atoms with E-state index in [9.17, 15) is 9.59 Å². The van der Waals surface area contributed by atoms with Gasteiger partial charge >= 0.3 is 6.09 Å². The van der Waals surface area contributed by atoms with Crippen molar-refractivity contribution < 1.29 is 28.3 Å². The molecule has 1 atom stereocenters. The second-order valence-electron chi connectivity index (χ2n) is 7.74. The lowest BCUT2D eigenvalue weighted by Gasteiger charge is -2.29. The van der Waals surface area contributed by atoms with Gasteiger partial charge in [-0.3, -0.25) is 4.79 Å². The molecule has 1 aliphatic heterocycles. The molecule has 0 saturated heterocycles. The summed E-state index contributed by atoms with van der Waals surface area (Å²) in [6.07, 6.45) is 1.52. The summed E-state index contributed by atoms with van der Waals surface area (Å²) in [4.78, 5) is 24.8. The fraction of sp³-hybridized carbons (Fsp3) is 0.280. The Hall–Kier alpha value is -4.34. The van der Waals surface area contributed by atoms with Crippen LogP contribution in [-0.4, -0.2) is 54.7 Å². The number of nitrogens with zero attached hydrogens (tertiary/aromatic N) is 3. The minimum Gasteiger partial charge on any atom is -0.493 e. The summed E-state index contributed by atoms with van der Waals surface area (Å²) in [6.45, 7) is 2.23. The molecule has 0 saturated carbocycles. The minimum atomic E-state index is -0.504. The number of hydrogen-bond donors (Lipinski definition) is 1. The Morgan fingerprint density at radius 3 is 2.66 bits per heavy atom. The van der Waals surface area contributed by atoms with Gasteiger partial charge in [-0.25, -0.2) is 4.79 Å². The number of aromatic nitrogens is 1. The summed E-state index contributed by atoms with van der Waals surface area (Å²) in [7, 11) is 3.14. The fourth-order valence-electron chi connectivity index (χ4n) is 3.70. The number of hydrogen-bond acceptors (Lipinski definition) is 8. The van der Waals surface area contributed by atoms with Crippen LogP contribution in [0.25, 0.3) is 0 Å². The van der Waals surface area contributed by atoms with Crippen LogP contribution in [0.3, 0.4) is 0 Å². The zero-order valence-electron chi connectivity index (χ0n) is 19.7. The van der Waals surface area contributed by atoms with Crippen molar-refractivity contribution in [2.45, 2.75) is 25.9 Å². The number of carbonyl (C=O) groups is 2. The molecule has 3 aromatic rings. The Balaban J connectivity index is 1.50. The maximum absolute atomic E-state index is 12.6. The van der Waals surface area contributed by atoms with E-state index in [4.69, 9.17) is 18.7 Å². The van der Waals surface area contributed by atoms with E-state index in [-0.39, 0.29) is 5.76 Å². The van der Waals surface area contributed by atoms with Gasteiger partial charge in [0, 0.05) is 17.3 Å². The average molecular weight is 479 g/mol. The van der Waals surface area contributed by atoms with E-state index in [1.165, 1.54) is 17.3 Å². The SMILES string of the molecule is CCC1OC(=O)N(CCc2cccc(NC(=O)c3ccno3)c2)N=C1c1ccc(OC)c(OC)c1. The van der Waals surface area contributed by atoms with E-state index >= 15 is 0 Å². The van der Waals surface area contributed by atoms with Gasteiger partial charge in [0.15, 0.2) is 11.5 Å². The van der Waals surface area contributed by atoms with Crippen molar-refractivity contribution in [1.29, 1.82) is 0 Å². The molecule has 10 heteroatoms. The van der Waals surface area contributed by atoms with Gasteiger partial charge in [0.25, 0.3) is 5.91 Å². The predicted octanol–water partition coefficient (Wildman–Crippen LogP) is 4.12. The van der Waals surface area contributed by atoms with E-state index in [0.717, 1.165) is 11.1 Å². The molecule has 1 N–H and O–H groups in total. The highest BCUT2D eigenvalue weighted by Crippen LogP contribution is 2.30. The highest BCUT2D eigenvalue weighted by molar-refractivity contribution is 6.06. The third kappa shape index (κ3) is 5.43. The number of carbonyl (C=O) groups excluding carboxylic acids is 2. The number of anilines is 1. The van der Waals surface area contributed by atoms with E-state index < -0.39 is 18.1 Å². The number of hydrazone groups is 1. The van der Waals surface area contributed by atoms with Crippen LogP contribution >= 0.6 is 0 Å². The van der Waals surface area contributed by atoms with Gasteiger partial charge in [0.1, 0.15) is 11.8 Å². The van der Waals surface area contributed by atoms with Crippen molar-refractivity contribution in [2.24, 2.45) is 5.10 Å². The summed E-state index contributed by atoms with van der Waals surface area (Å²) in [5, 5.41) is 12.2. The van der Waals surface area contributed by atoms with Gasteiger partial charge in [0.05, 0.1) is 27.0 Å². The molecule has 1 unspecified atom stereocenters. The zero-order valence-corrected chi connectivity index (χ0v) is 19.7. The average Bonchev–Trinajstić information content (AvgIpc) is 3.43. The Morgan fingerprint density at radius 1 is 1.11 bits per heavy atom.